The van der Waals surface area contributed by atoms with Gasteiger partial charge in [0.2, 0.25) is 5.91 Å². The fraction of sp³-hybridized carbons (Fsp3) is 0.579. The van der Waals surface area contributed by atoms with E-state index in [9.17, 15) is 9.59 Å². The molecule has 0 aliphatic carbocycles. The maximum absolute atomic E-state index is 12.5. The van der Waals surface area contributed by atoms with Crippen LogP contribution in [-0.2, 0) is 20.7 Å². The molecule has 0 unspecified atom stereocenters. The molecule has 4 heteroatoms. The van der Waals surface area contributed by atoms with Crippen LogP contribution in [0.5, 0.6) is 0 Å². The van der Waals surface area contributed by atoms with E-state index >= 15 is 0 Å². The summed E-state index contributed by atoms with van der Waals surface area (Å²) in [5.74, 6) is 0.0763. The summed E-state index contributed by atoms with van der Waals surface area (Å²) in [7, 11) is 0. The van der Waals surface area contributed by atoms with E-state index in [-0.39, 0.29) is 17.6 Å². The lowest BCUT2D eigenvalue weighted by Gasteiger charge is -2.23. The summed E-state index contributed by atoms with van der Waals surface area (Å²) >= 11 is 0. The Morgan fingerprint density at radius 3 is 2.35 bits per heavy atom. The zero-order valence-electron chi connectivity index (χ0n) is 14.5. The minimum Gasteiger partial charge on any atom is -0.361 e. The molecule has 0 spiro atoms. The first-order valence-corrected chi connectivity index (χ1v) is 8.34. The zero-order chi connectivity index (χ0) is 17.0. The highest BCUT2D eigenvalue weighted by Crippen LogP contribution is 2.29. The second-order valence-electron chi connectivity index (χ2n) is 7.17. The predicted octanol–water partition coefficient (Wildman–Crippen LogP) is 2.75. The molecule has 1 aliphatic rings. The van der Waals surface area contributed by atoms with Gasteiger partial charge in [0.05, 0.1) is 12.6 Å². The molecule has 4 nitrogen and oxygen atoms in total. The number of ether oxygens (including phenoxy) is 1. The van der Waals surface area contributed by atoms with Crippen LogP contribution in [0.2, 0.25) is 0 Å². The van der Waals surface area contributed by atoms with Gasteiger partial charge >= 0.3 is 0 Å². The van der Waals surface area contributed by atoms with Gasteiger partial charge in [-0.2, -0.15) is 0 Å². The van der Waals surface area contributed by atoms with E-state index in [4.69, 9.17) is 4.74 Å². The Morgan fingerprint density at radius 1 is 1.22 bits per heavy atom. The topological polar surface area (TPSA) is 58.7 Å². The van der Waals surface area contributed by atoms with Crippen molar-refractivity contribution in [1.82, 2.24) is 5.32 Å². The van der Waals surface area contributed by atoms with Crippen LogP contribution in [0.25, 0.3) is 0 Å². The van der Waals surface area contributed by atoms with Crippen molar-refractivity contribution in [2.24, 2.45) is 11.8 Å². The molecule has 1 fully saturated rings. The minimum atomic E-state index is -0.699. The SMILES string of the molecule is CC(C)C[C@H](NC(=O)[C@@H](C)Cc1ccccc1)C(=O)[C@@]1(C)CO1. The number of carbonyl (C=O) groups is 2. The molecule has 1 aliphatic heterocycles. The van der Waals surface area contributed by atoms with Crippen LogP contribution in [0, 0.1) is 11.8 Å². The normalized spacial score (nSPS) is 22.5. The van der Waals surface area contributed by atoms with E-state index in [1.807, 2.05) is 37.3 Å². The van der Waals surface area contributed by atoms with Crippen LogP contribution >= 0.6 is 0 Å². The number of hydrogen-bond acceptors (Lipinski definition) is 3. The quantitative estimate of drug-likeness (QED) is 0.750. The molecule has 0 aromatic heterocycles. The van der Waals surface area contributed by atoms with Gasteiger partial charge in [0.1, 0.15) is 5.60 Å². The summed E-state index contributed by atoms with van der Waals surface area (Å²) in [6.45, 7) is 8.25. The van der Waals surface area contributed by atoms with Gasteiger partial charge in [-0.05, 0) is 31.2 Å². The highest BCUT2D eigenvalue weighted by Gasteiger charge is 2.50. The van der Waals surface area contributed by atoms with Gasteiger partial charge in [0, 0.05) is 5.92 Å². The molecule has 0 bridgehead atoms. The van der Waals surface area contributed by atoms with E-state index in [1.165, 1.54) is 0 Å². The van der Waals surface area contributed by atoms with E-state index < -0.39 is 11.6 Å². The number of Topliss-reactive ketones (excluding diaryl/α,β-unsaturated/α-hetero) is 1. The first kappa shape index (κ1) is 17.7. The lowest BCUT2D eigenvalue weighted by Crippen LogP contribution is -2.48. The Kier molecular flexibility index (Phi) is 5.58. The molecule has 1 aromatic carbocycles. The van der Waals surface area contributed by atoms with E-state index in [2.05, 4.69) is 19.2 Å². The fourth-order valence-electron chi connectivity index (χ4n) is 2.70. The minimum absolute atomic E-state index is 0.00791. The molecule has 23 heavy (non-hydrogen) atoms. The lowest BCUT2D eigenvalue weighted by molar-refractivity contribution is -0.132. The predicted molar refractivity (Wildman–Crippen MR) is 90.1 cm³/mol. The lowest BCUT2D eigenvalue weighted by atomic mass is 9.92. The Hall–Kier alpha value is -1.68. The number of hydrogen-bond donors (Lipinski definition) is 1. The van der Waals surface area contributed by atoms with Crippen molar-refractivity contribution >= 4 is 11.7 Å². The third-order valence-electron chi connectivity index (χ3n) is 4.27. The smallest absolute Gasteiger partial charge is 0.223 e. The Labute approximate surface area is 138 Å². The Morgan fingerprint density at radius 2 is 1.83 bits per heavy atom. The maximum Gasteiger partial charge on any atom is 0.223 e. The molecule has 1 heterocycles. The van der Waals surface area contributed by atoms with E-state index in [0.717, 1.165) is 5.56 Å². The molecule has 3 atom stereocenters. The molecule has 0 radical (unpaired) electrons. The summed E-state index contributed by atoms with van der Waals surface area (Å²) in [6.07, 6.45) is 1.31. The van der Waals surface area contributed by atoms with Gasteiger partial charge in [-0.3, -0.25) is 9.59 Å². The fourth-order valence-corrected chi connectivity index (χ4v) is 2.70. The number of ketones is 1. The molecule has 1 saturated heterocycles. The third kappa shape index (κ3) is 4.90. The average molecular weight is 317 g/mol. The van der Waals surface area contributed by atoms with Gasteiger partial charge in [-0.15, -0.1) is 0 Å². The molecule has 2 rings (SSSR count). The average Bonchev–Trinajstić information content (AvgIpc) is 3.25. The number of benzene rings is 1. The largest absolute Gasteiger partial charge is 0.361 e. The van der Waals surface area contributed by atoms with Crippen LogP contribution in [0.4, 0.5) is 0 Å². The van der Waals surface area contributed by atoms with Crippen LogP contribution in [0.1, 0.15) is 39.7 Å². The molecule has 1 amide bonds. The van der Waals surface area contributed by atoms with Crippen molar-refractivity contribution < 1.29 is 14.3 Å². The van der Waals surface area contributed by atoms with Gasteiger partial charge in [-0.1, -0.05) is 51.1 Å². The highest BCUT2D eigenvalue weighted by atomic mass is 16.6. The van der Waals surface area contributed by atoms with Crippen LogP contribution in [-0.4, -0.2) is 29.9 Å². The van der Waals surface area contributed by atoms with Crippen LogP contribution < -0.4 is 5.32 Å². The van der Waals surface area contributed by atoms with Gasteiger partial charge in [-0.25, -0.2) is 0 Å². The third-order valence-corrected chi connectivity index (χ3v) is 4.27. The van der Waals surface area contributed by atoms with Crippen molar-refractivity contribution in [3.63, 3.8) is 0 Å². The van der Waals surface area contributed by atoms with Crippen molar-refractivity contribution in [2.75, 3.05) is 6.61 Å². The number of nitrogens with one attached hydrogen (secondary N) is 1. The highest BCUT2D eigenvalue weighted by molar-refractivity contribution is 5.96. The Bertz CT molecular complexity index is 549. The van der Waals surface area contributed by atoms with E-state index in [0.29, 0.717) is 25.4 Å². The summed E-state index contributed by atoms with van der Waals surface area (Å²) < 4.78 is 5.26. The van der Waals surface area contributed by atoms with Gasteiger partial charge in [0.15, 0.2) is 5.78 Å². The maximum atomic E-state index is 12.5. The van der Waals surface area contributed by atoms with Crippen LogP contribution in [0.3, 0.4) is 0 Å². The number of amides is 1. The van der Waals surface area contributed by atoms with Crippen molar-refractivity contribution in [3.05, 3.63) is 35.9 Å². The summed E-state index contributed by atoms with van der Waals surface area (Å²) in [6, 6.07) is 9.46. The molecule has 126 valence electrons. The number of carbonyl (C=O) groups excluding carboxylic acids is 2. The number of epoxide rings is 1. The number of rotatable bonds is 8. The first-order valence-electron chi connectivity index (χ1n) is 8.34. The van der Waals surface area contributed by atoms with Crippen molar-refractivity contribution in [3.8, 4) is 0 Å². The summed E-state index contributed by atoms with van der Waals surface area (Å²) in [5.41, 5.74) is 0.426. The summed E-state index contributed by atoms with van der Waals surface area (Å²) in [5, 5.41) is 2.95. The van der Waals surface area contributed by atoms with E-state index in [1.54, 1.807) is 6.92 Å². The second kappa shape index (κ2) is 7.26. The standard InChI is InChI=1S/C19H27NO3/c1-13(2)10-16(17(21)19(4)12-23-19)20-18(22)14(3)11-15-8-6-5-7-9-15/h5-9,13-14,16H,10-12H2,1-4H3,(H,20,22)/t14-,16-,19+/m0/s1. The van der Waals surface area contributed by atoms with Crippen LogP contribution in [0.15, 0.2) is 30.3 Å². The second-order valence-corrected chi connectivity index (χ2v) is 7.17. The molecule has 1 N–H and O–H groups in total. The van der Waals surface area contributed by atoms with Gasteiger partial charge in [0.25, 0.3) is 0 Å². The molecule has 0 saturated carbocycles. The van der Waals surface area contributed by atoms with Crippen molar-refractivity contribution in [1.29, 1.82) is 0 Å². The Balaban J connectivity index is 1.97. The molecular formula is C19H27NO3. The monoisotopic (exact) mass is 317 g/mol. The summed E-state index contributed by atoms with van der Waals surface area (Å²) in [4.78, 5) is 25.0. The molecular weight excluding hydrogens is 290 g/mol. The first-order chi connectivity index (χ1) is 10.8. The van der Waals surface area contributed by atoms with Gasteiger partial charge < -0.3 is 10.1 Å². The molecule has 1 aromatic rings. The zero-order valence-corrected chi connectivity index (χ0v) is 14.5. The van der Waals surface area contributed by atoms with Crippen molar-refractivity contribution in [2.45, 2.75) is 52.2 Å².